The van der Waals surface area contributed by atoms with Gasteiger partial charge in [-0.2, -0.15) is 9.78 Å². The number of rotatable bonds is 17. The van der Waals surface area contributed by atoms with E-state index in [1.807, 2.05) is 32.9 Å². The van der Waals surface area contributed by atoms with Gasteiger partial charge in [-0.05, 0) is 131 Å². The van der Waals surface area contributed by atoms with Crippen molar-refractivity contribution in [1.82, 2.24) is 14.7 Å². The lowest BCUT2D eigenvalue weighted by molar-refractivity contribution is -0.128. The standard InChI is InChI=1S/C48H94N4O6Si4/c1-44(2,3)55-43(53)52-38-32-37(29-28-36(38)33-50-52)49-30-26-24-25-27-31-51-34-40(56-60(18,19)46(7,8)9)42(58-62(22,23)48(13,14)15)41(57-61(20,21)47(10,11)12)39(51)35-54-59(16,17)45(4,5)6/h28-29,32-33,39-42,49H,24-27,30-31,34-35H2,1-23H3/t39-,40?,41?,42?/m1/s1. The number of aromatic nitrogens is 2. The number of carbonyl (C=O) groups excluding carboxylic acids is 1. The lowest BCUT2D eigenvalue weighted by Crippen LogP contribution is -2.70. The van der Waals surface area contributed by atoms with Crippen molar-refractivity contribution in [3.63, 3.8) is 0 Å². The zero-order valence-corrected chi connectivity index (χ0v) is 48.1. The van der Waals surface area contributed by atoms with Crippen molar-refractivity contribution in [1.29, 1.82) is 0 Å². The SMILES string of the molecule is CC(C)(C)OC(=O)n1ncc2ccc(NCCCCCCN3CC(O[Si](C)(C)C(C)(C)C)C(O[Si](C)(C)C(C)(C)C)C(O[Si](C)(C)C(C)(C)C)[C@H]3CO[Si](C)(C)C(C)(C)C)cc21. The molecule has 3 rings (SSSR count). The number of nitrogens with zero attached hydrogens (tertiary/aromatic N) is 3. The third kappa shape index (κ3) is 14.3. The highest BCUT2D eigenvalue weighted by molar-refractivity contribution is 6.75. The predicted molar refractivity (Wildman–Crippen MR) is 273 cm³/mol. The zero-order valence-electron chi connectivity index (χ0n) is 44.1. The minimum Gasteiger partial charge on any atom is -0.442 e. The van der Waals surface area contributed by atoms with E-state index >= 15 is 0 Å². The van der Waals surface area contributed by atoms with Gasteiger partial charge < -0.3 is 27.8 Å². The van der Waals surface area contributed by atoms with Gasteiger partial charge in [0.05, 0.1) is 42.7 Å². The van der Waals surface area contributed by atoms with Crippen LogP contribution in [0, 0.1) is 0 Å². The van der Waals surface area contributed by atoms with E-state index in [0.717, 1.165) is 61.9 Å². The van der Waals surface area contributed by atoms with Crippen LogP contribution in [0.25, 0.3) is 10.9 Å². The fraction of sp³-hybridized carbons (Fsp3) is 0.833. The highest BCUT2D eigenvalue weighted by Crippen LogP contribution is 2.46. The van der Waals surface area contributed by atoms with Gasteiger partial charge in [0.1, 0.15) is 5.60 Å². The molecule has 1 aliphatic heterocycles. The molecule has 1 saturated heterocycles. The monoisotopic (exact) mass is 935 g/mol. The first-order valence-electron chi connectivity index (χ1n) is 23.7. The number of nitrogens with one attached hydrogen (secondary N) is 1. The van der Waals surface area contributed by atoms with Gasteiger partial charge in [0.2, 0.25) is 0 Å². The Hall–Kier alpha value is -1.37. The quantitative estimate of drug-likeness (QED) is 0.123. The van der Waals surface area contributed by atoms with Crippen LogP contribution in [0.4, 0.5) is 10.5 Å². The first kappa shape index (κ1) is 55.0. The van der Waals surface area contributed by atoms with Crippen LogP contribution in [0.15, 0.2) is 24.4 Å². The second-order valence-corrected chi connectivity index (χ2v) is 44.5. The summed E-state index contributed by atoms with van der Waals surface area (Å²) < 4.78 is 37.1. The van der Waals surface area contributed by atoms with E-state index in [9.17, 15) is 4.79 Å². The highest BCUT2D eigenvalue weighted by Gasteiger charge is 2.55. The molecule has 4 atom stereocenters. The number of likely N-dealkylation sites (tertiary alicyclic amines) is 1. The number of piperidine rings is 1. The molecule has 2 heterocycles. The minimum absolute atomic E-state index is 0.0243. The molecule has 358 valence electrons. The summed E-state index contributed by atoms with van der Waals surface area (Å²) in [6, 6.07) is 6.08. The average Bonchev–Trinajstić information content (AvgIpc) is 3.49. The summed E-state index contributed by atoms with van der Waals surface area (Å²) in [4.78, 5) is 15.5. The molecule has 62 heavy (non-hydrogen) atoms. The number of carbonyl (C=O) groups is 1. The Morgan fingerprint density at radius 2 is 1.18 bits per heavy atom. The van der Waals surface area contributed by atoms with Crippen LogP contribution in [-0.2, 0) is 22.4 Å². The Bertz CT molecular complexity index is 1760. The van der Waals surface area contributed by atoms with Crippen molar-refractivity contribution in [2.75, 3.05) is 31.6 Å². The molecule has 0 saturated carbocycles. The summed E-state index contributed by atoms with van der Waals surface area (Å²) in [7, 11) is -8.86. The van der Waals surface area contributed by atoms with Crippen LogP contribution in [0.3, 0.4) is 0 Å². The topological polar surface area (TPSA) is 96.3 Å². The van der Waals surface area contributed by atoms with Gasteiger partial charge in [-0.25, -0.2) is 4.79 Å². The summed E-state index contributed by atoms with van der Waals surface area (Å²) in [6.07, 6.45) is 5.07. The van der Waals surface area contributed by atoms with E-state index in [0.29, 0.717) is 6.61 Å². The molecule has 0 bridgehead atoms. The molecule has 0 aliphatic carbocycles. The van der Waals surface area contributed by atoms with Crippen LogP contribution in [0.1, 0.15) is 130 Å². The van der Waals surface area contributed by atoms with Gasteiger partial charge >= 0.3 is 6.09 Å². The molecule has 0 spiro atoms. The summed E-state index contributed by atoms with van der Waals surface area (Å²) in [5.74, 6) is 0. The van der Waals surface area contributed by atoms with E-state index in [1.165, 1.54) is 4.68 Å². The van der Waals surface area contributed by atoms with Crippen LogP contribution in [0.2, 0.25) is 72.5 Å². The van der Waals surface area contributed by atoms with Gasteiger partial charge in [0, 0.05) is 24.2 Å². The molecular formula is C48H94N4O6Si4. The Morgan fingerprint density at radius 1 is 0.677 bits per heavy atom. The maximum absolute atomic E-state index is 12.8. The lowest BCUT2D eigenvalue weighted by atomic mass is 9.94. The maximum atomic E-state index is 12.8. The van der Waals surface area contributed by atoms with Gasteiger partial charge in [-0.1, -0.05) is 95.9 Å². The van der Waals surface area contributed by atoms with E-state index in [1.54, 1.807) is 6.20 Å². The molecule has 0 radical (unpaired) electrons. The number of hydrogen-bond donors (Lipinski definition) is 1. The highest BCUT2D eigenvalue weighted by atomic mass is 28.4. The summed E-state index contributed by atoms with van der Waals surface area (Å²) in [5.41, 5.74) is 1.11. The lowest BCUT2D eigenvalue weighted by Gasteiger charge is -2.56. The fourth-order valence-corrected chi connectivity index (χ4v) is 11.6. The summed E-state index contributed by atoms with van der Waals surface area (Å²) in [6.45, 7) is 56.0. The van der Waals surface area contributed by atoms with E-state index in [2.05, 4.69) is 157 Å². The smallest absolute Gasteiger partial charge is 0.435 e. The number of anilines is 1. The molecule has 1 N–H and O–H groups in total. The maximum Gasteiger partial charge on any atom is 0.435 e. The second-order valence-electron chi connectivity index (χ2n) is 25.4. The zero-order chi connectivity index (χ0) is 47.7. The van der Waals surface area contributed by atoms with Crippen LogP contribution >= 0.6 is 0 Å². The third-order valence-electron chi connectivity index (χ3n) is 14.9. The van der Waals surface area contributed by atoms with Gasteiger partial charge in [0.15, 0.2) is 33.3 Å². The van der Waals surface area contributed by atoms with E-state index in [4.69, 9.17) is 22.4 Å². The normalized spacial score (nSPS) is 20.8. The van der Waals surface area contributed by atoms with Crippen molar-refractivity contribution in [3.05, 3.63) is 24.4 Å². The summed E-state index contributed by atoms with van der Waals surface area (Å²) in [5, 5.41) is 9.00. The molecule has 3 unspecified atom stereocenters. The van der Waals surface area contributed by atoms with Crippen LogP contribution in [0.5, 0.6) is 0 Å². The first-order valence-corrected chi connectivity index (χ1v) is 35.3. The molecule has 1 aromatic carbocycles. The third-order valence-corrected chi connectivity index (χ3v) is 32.9. The molecule has 1 aliphatic rings. The van der Waals surface area contributed by atoms with Crippen molar-refractivity contribution in [3.8, 4) is 0 Å². The predicted octanol–water partition coefficient (Wildman–Crippen LogP) is 13.7. The number of hydrogen-bond acceptors (Lipinski definition) is 9. The van der Waals surface area contributed by atoms with Crippen molar-refractivity contribution >= 4 is 56.0 Å². The second kappa shape index (κ2) is 19.8. The average molecular weight is 936 g/mol. The molecular weight excluding hydrogens is 841 g/mol. The number of ether oxygens (including phenoxy) is 1. The van der Waals surface area contributed by atoms with Crippen molar-refractivity contribution < 1.29 is 27.2 Å². The van der Waals surface area contributed by atoms with Gasteiger partial charge in [-0.3, -0.25) is 4.90 Å². The van der Waals surface area contributed by atoms with E-state index < -0.39 is 45.0 Å². The molecule has 10 nitrogen and oxygen atoms in total. The number of benzene rings is 1. The summed E-state index contributed by atoms with van der Waals surface area (Å²) >= 11 is 0. The molecule has 0 amide bonds. The van der Waals surface area contributed by atoms with E-state index in [-0.39, 0.29) is 44.5 Å². The van der Waals surface area contributed by atoms with Gasteiger partial charge in [-0.15, -0.1) is 0 Å². The Kier molecular flexibility index (Phi) is 17.6. The minimum atomic E-state index is -2.29. The van der Waals surface area contributed by atoms with Gasteiger partial charge in [0.25, 0.3) is 0 Å². The fourth-order valence-electron chi connectivity index (χ4n) is 6.66. The molecule has 1 fully saturated rings. The van der Waals surface area contributed by atoms with Crippen LogP contribution in [-0.4, -0.2) is 110 Å². The Balaban J connectivity index is 1.92. The molecule has 14 heteroatoms. The molecule has 2 aromatic rings. The number of fused-ring (bicyclic) bond motifs is 1. The van der Waals surface area contributed by atoms with Crippen molar-refractivity contribution in [2.24, 2.45) is 0 Å². The van der Waals surface area contributed by atoms with Crippen LogP contribution < -0.4 is 5.32 Å². The Morgan fingerprint density at radius 3 is 1.69 bits per heavy atom. The molecule has 1 aromatic heterocycles. The van der Waals surface area contributed by atoms with Crippen molar-refractivity contribution in [2.45, 2.75) is 232 Å². The number of unbranched alkanes of at least 4 members (excludes halogenated alkanes) is 3. The first-order chi connectivity index (χ1) is 27.8. The largest absolute Gasteiger partial charge is 0.442 e. The Labute approximate surface area is 384 Å².